The van der Waals surface area contributed by atoms with E-state index in [-0.39, 0.29) is 12.1 Å². The van der Waals surface area contributed by atoms with Gasteiger partial charge in [-0.25, -0.2) is 4.79 Å². The topological polar surface area (TPSA) is 38.3 Å². The summed E-state index contributed by atoms with van der Waals surface area (Å²) in [5.74, 6) is 0. The number of carbonyl (C=O) groups is 1. The molecule has 0 saturated heterocycles. The van der Waals surface area contributed by atoms with Crippen LogP contribution in [0.2, 0.25) is 5.02 Å². The standard InChI is InChI=1S/C13H18ClNO2/c1-3-8-17-13(16)15-10(2)9-11-6-4-5-7-12(11)14/h4-7,10H,3,8-9H2,1-2H3,(H,15,16). The molecule has 0 aliphatic heterocycles. The summed E-state index contributed by atoms with van der Waals surface area (Å²) in [4.78, 5) is 11.3. The SMILES string of the molecule is CCCOC(=O)NC(C)Cc1ccccc1Cl. The van der Waals surface area contributed by atoms with Crippen molar-refractivity contribution in [1.29, 1.82) is 0 Å². The van der Waals surface area contributed by atoms with Gasteiger partial charge in [0.05, 0.1) is 6.61 Å². The summed E-state index contributed by atoms with van der Waals surface area (Å²) >= 11 is 6.04. The molecule has 1 aromatic rings. The first kappa shape index (κ1) is 13.8. The maximum Gasteiger partial charge on any atom is 0.407 e. The number of alkyl carbamates (subject to hydrolysis) is 1. The summed E-state index contributed by atoms with van der Waals surface area (Å²) in [6.07, 6.45) is 1.15. The fourth-order valence-corrected chi connectivity index (χ4v) is 1.70. The van der Waals surface area contributed by atoms with Crippen LogP contribution in [0.1, 0.15) is 25.8 Å². The van der Waals surface area contributed by atoms with Gasteiger partial charge in [-0.1, -0.05) is 36.7 Å². The molecule has 1 unspecified atom stereocenters. The van der Waals surface area contributed by atoms with E-state index in [1.165, 1.54) is 0 Å². The van der Waals surface area contributed by atoms with Gasteiger partial charge >= 0.3 is 6.09 Å². The van der Waals surface area contributed by atoms with E-state index in [1.807, 2.05) is 38.1 Å². The fraction of sp³-hybridized carbons (Fsp3) is 0.462. The molecule has 4 heteroatoms. The van der Waals surface area contributed by atoms with Crippen molar-refractivity contribution in [1.82, 2.24) is 5.32 Å². The molecular formula is C13H18ClNO2. The molecule has 3 nitrogen and oxygen atoms in total. The molecule has 1 atom stereocenters. The summed E-state index contributed by atoms with van der Waals surface area (Å²) < 4.78 is 4.95. The van der Waals surface area contributed by atoms with E-state index in [2.05, 4.69) is 5.32 Å². The molecule has 0 aliphatic carbocycles. The number of amides is 1. The number of benzene rings is 1. The molecule has 1 N–H and O–H groups in total. The minimum absolute atomic E-state index is 0.000689. The van der Waals surface area contributed by atoms with Gasteiger partial charge in [-0.3, -0.25) is 0 Å². The van der Waals surface area contributed by atoms with E-state index >= 15 is 0 Å². The van der Waals surface area contributed by atoms with Crippen LogP contribution in [0.3, 0.4) is 0 Å². The Morgan fingerprint density at radius 3 is 2.82 bits per heavy atom. The van der Waals surface area contributed by atoms with E-state index in [4.69, 9.17) is 16.3 Å². The summed E-state index contributed by atoms with van der Waals surface area (Å²) in [7, 11) is 0. The van der Waals surface area contributed by atoms with Gasteiger partial charge in [0.2, 0.25) is 0 Å². The molecule has 0 spiro atoms. The molecule has 0 bridgehead atoms. The molecule has 17 heavy (non-hydrogen) atoms. The van der Waals surface area contributed by atoms with Gasteiger partial charge in [0, 0.05) is 11.1 Å². The van der Waals surface area contributed by atoms with Crippen molar-refractivity contribution in [2.75, 3.05) is 6.61 Å². The van der Waals surface area contributed by atoms with Crippen molar-refractivity contribution in [3.63, 3.8) is 0 Å². The van der Waals surface area contributed by atoms with E-state index in [0.29, 0.717) is 13.0 Å². The van der Waals surface area contributed by atoms with Gasteiger partial charge < -0.3 is 10.1 Å². The molecule has 1 rings (SSSR count). The number of ether oxygens (including phenoxy) is 1. The number of rotatable bonds is 5. The predicted octanol–water partition coefficient (Wildman–Crippen LogP) is 3.41. The second kappa shape index (κ2) is 7.17. The Kier molecular flexibility index (Phi) is 5.84. The van der Waals surface area contributed by atoms with Crippen LogP contribution < -0.4 is 5.32 Å². The zero-order chi connectivity index (χ0) is 12.7. The largest absolute Gasteiger partial charge is 0.450 e. The van der Waals surface area contributed by atoms with Crippen molar-refractivity contribution in [2.24, 2.45) is 0 Å². The number of nitrogens with one attached hydrogen (secondary N) is 1. The van der Waals surface area contributed by atoms with Crippen molar-refractivity contribution < 1.29 is 9.53 Å². The Morgan fingerprint density at radius 1 is 1.47 bits per heavy atom. The summed E-state index contributed by atoms with van der Waals surface area (Å²) in [6.45, 7) is 4.33. The number of hydrogen-bond acceptors (Lipinski definition) is 2. The fourth-order valence-electron chi connectivity index (χ4n) is 1.48. The van der Waals surface area contributed by atoms with Crippen molar-refractivity contribution in [2.45, 2.75) is 32.7 Å². The molecule has 0 heterocycles. The number of carbonyl (C=O) groups excluding carboxylic acids is 1. The van der Waals surface area contributed by atoms with Crippen molar-refractivity contribution in [3.05, 3.63) is 34.9 Å². The molecule has 94 valence electrons. The Hall–Kier alpha value is -1.22. The number of hydrogen-bond donors (Lipinski definition) is 1. The highest BCUT2D eigenvalue weighted by atomic mass is 35.5. The van der Waals surface area contributed by atoms with Gasteiger partial charge in [0.25, 0.3) is 0 Å². The lowest BCUT2D eigenvalue weighted by Gasteiger charge is -2.14. The molecule has 0 aliphatic rings. The van der Waals surface area contributed by atoms with Crippen LogP contribution in [0, 0.1) is 0 Å². The Bertz CT molecular complexity index is 368. The van der Waals surface area contributed by atoms with Crippen molar-refractivity contribution in [3.8, 4) is 0 Å². The van der Waals surface area contributed by atoms with Gasteiger partial charge in [-0.05, 0) is 31.4 Å². The summed E-state index contributed by atoms with van der Waals surface area (Å²) in [5.41, 5.74) is 1.03. The average Bonchev–Trinajstić information content (AvgIpc) is 2.29. The molecule has 0 fully saturated rings. The summed E-state index contributed by atoms with van der Waals surface area (Å²) in [6, 6.07) is 7.62. The average molecular weight is 256 g/mol. The Balaban J connectivity index is 2.42. The Labute approximate surface area is 107 Å². The molecule has 0 aromatic heterocycles. The lowest BCUT2D eigenvalue weighted by Crippen LogP contribution is -2.34. The highest BCUT2D eigenvalue weighted by Gasteiger charge is 2.10. The maximum absolute atomic E-state index is 11.3. The molecular weight excluding hydrogens is 238 g/mol. The highest BCUT2D eigenvalue weighted by Crippen LogP contribution is 2.16. The molecule has 0 saturated carbocycles. The van der Waals surface area contributed by atoms with E-state index in [1.54, 1.807) is 0 Å². The van der Waals surface area contributed by atoms with E-state index in [0.717, 1.165) is 17.0 Å². The van der Waals surface area contributed by atoms with Crippen LogP contribution in [0.4, 0.5) is 4.79 Å². The zero-order valence-electron chi connectivity index (χ0n) is 10.2. The van der Waals surface area contributed by atoms with Crippen LogP contribution in [0.15, 0.2) is 24.3 Å². The van der Waals surface area contributed by atoms with Crippen LogP contribution in [0.5, 0.6) is 0 Å². The van der Waals surface area contributed by atoms with Crippen LogP contribution in [-0.4, -0.2) is 18.7 Å². The van der Waals surface area contributed by atoms with Gasteiger partial charge in [0.15, 0.2) is 0 Å². The number of halogens is 1. The van der Waals surface area contributed by atoms with Gasteiger partial charge in [0.1, 0.15) is 0 Å². The lowest BCUT2D eigenvalue weighted by atomic mass is 10.1. The molecule has 1 amide bonds. The van der Waals surface area contributed by atoms with E-state index < -0.39 is 0 Å². The third-order valence-corrected chi connectivity index (χ3v) is 2.65. The predicted molar refractivity (Wildman–Crippen MR) is 69.4 cm³/mol. The second-order valence-corrected chi connectivity index (χ2v) is 4.38. The summed E-state index contributed by atoms with van der Waals surface area (Å²) in [5, 5.41) is 3.50. The van der Waals surface area contributed by atoms with Gasteiger partial charge in [-0.15, -0.1) is 0 Å². The molecule has 1 aromatic carbocycles. The first-order chi connectivity index (χ1) is 8.13. The van der Waals surface area contributed by atoms with Crippen molar-refractivity contribution >= 4 is 17.7 Å². The van der Waals surface area contributed by atoms with E-state index in [9.17, 15) is 4.79 Å². The first-order valence-corrected chi connectivity index (χ1v) is 6.18. The third-order valence-electron chi connectivity index (χ3n) is 2.29. The van der Waals surface area contributed by atoms with Crippen LogP contribution >= 0.6 is 11.6 Å². The maximum atomic E-state index is 11.3. The highest BCUT2D eigenvalue weighted by molar-refractivity contribution is 6.31. The van der Waals surface area contributed by atoms with Crippen LogP contribution in [0.25, 0.3) is 0 Å². The molecule has 0 radical (unpaired) electrons. The first-order valence-electron chi connectivity index (χ1n) is 5.80. The smallest absolute Gasteiger partial charge is 0.407 e. The second-order valence-electron chi connectivity index (χ2n) is 3.98. The third kappa shape index (κ3) is 5.09. The normalized spacial score (nSPS) is 11.9. The monoisotopic (exact) mass is 255 g/mol. The van der Waals surface area contributed by atoms with Crippen LogP contribution in [-0.2, 0) is 11.2 Å². The van der Waals surface area contributed by atoms with Gasteiger partial charge in [-0.2, -0.15) is 0 Å². The lowest BCUT2D eigenvalue weighted by molar-refractivity contribution is 0.143. The quantitative estimate of drug-likeness (QED) is 0.876. The Morgan fingerprint density at radius 2 is 2.18 bits per heavy atom. The zero-order valence-corrected chi connectivity index (χ0v) is 11.0. The minimum Gasteiger partial charge on any atom is -0.450 e. The minimum atomic E-state index is -0.369.